The van der Waals surface area contributed by atoms with Crippen LogP contribution in [0, 0.1) is 5.92 Å². The fourth-order valence-electron chi connectivity index (χ4n) is 0.901. The smallest absolute Gasteiger partial charge is 0.0646 e. The lowest BCUT2D eigenvalue weighted by atomic mass is 10.0. The van der Waals surface area contributed by atoms with Crippen molar-refractivity contribution in [2.75, 3.05) is 13.7 Å². The maximum Gasteiger partial charge on any atom is 0.0646 e. The van der Waals surface area contributed by atoms with E-state index >= 15 is 0 Å². The summed E-state index contributed by atoms with van der Waals surface area (Å²) >= 11 is 0. The molecule has 0 radical (unpaired) electrons. The van der Waals surface area contributed by atoms with Gasteiger partial charge in [-0.2, -0.15) is 0 Å². The Hall–Kier alpha value is -0.560. The van der Waals surface area contributed by atoms with Crippen LogP contribution in [-0.2, 0) is 4.74 Å². The van der Waals surface area contributed by atoms with E-state index in [1.807, 2.05) is 6.08 Å². The van der Waals surface area contributed by atoms with E-state index in [2.05, 4.69) is 26.5 Å². The molecular formula is C11H20O. The molecule has 0 rings (SSSR count). The zero-order valence-corrected chi connectivity index (χ0v) is 8.47. The summed E-state index contributed by atoms with van der Waals surface area (Å²) in [5.74, 6) is 0.621. The van der Waals surface area contributed by atoms with E-state index in [0.717, 1.165) is 13.0 Å². The first-order valence-electron chi connectivity index (χ1n) is 4.47. The van der Waals surface area contributed by atoms with E-state index in [0.29, 0.717) is 5.92 Å². The van der Waals surface area contributed by atoms with Gasteiger partial charge < -0.3 is 4.74 Å². The molecule has 0 aromatic carbocycles. The molecule has 0 bridgehead atoms. The second kappa shape index (κ2) is 7.11. The van der Waals surface area contributed by atoms with Crippen LogP contribution in [0.25, 0.3) is 0 Å². The van der Waals surface area contributed by atoms with Crippen LogP contribution < -0.4 is 0 Å². The van der Waals surface area contributed by atoms with Crippen molar-refractivity contribution in [2.24, 2.45) is 5.92 Å². The van der Waals surface area contributed by atoms with Gasteiger partial charge in [-0.25, -0.2) is 0 Å². The highest BCUT2D eigenvalue weighted by molar-refractivity contribution is 4.98. The SMILES string of the molecule is C=C[C@H](C)CC/C(C)=C/COC. The Morgan fingerprint density at radius 3 is 2.75 bits per heavy atom. The van der Waals surface area contributed by atoms with Gasteiger partial charge in [0.2, 0.25) is 0 Å². The van der Waals surface area contributed by atoms with E-state index in [9.17, 15) is 0 Å². The molecule has 0 spiro atoms. The minimum atomic E-state index is 0.621. The number of allylic oxidation sites excluding steroid dienone is 2. The Balaban J connectivity index is 3.55. The maximum absolute atomic E-state index is 4.95. The summed E-state index contributed by atoms with van der Waals surface area (Å²) in [4.78, 5) is 0. The number of rotatable bonds is 6. The van der Waals surface area contributed by atoms with Crippen LogP contribution in [-0.4, -0.2) is 13.7 Å². The molecule has 1 nitrogen and oxygen atoms in total. The van der Waals surface area contributed by atoms with Crippen molar-refractivity contribution in [3.05, 3.63) is 24.3 Å². The Labute approximate surface area is 76.1 Å². The fourth-order valence-corrected chi connectivity index (χ4v) is 0.901. The zero-order valence-electron chi connectivity index (χ0n) is 8.47. The van der Waals surface area contributed by atoms with Crippen LogP contribution in [0.15, 0.2) is 24.3 Å². The van der Waals surface area contributed by atoms with Gasteiger partial charge in [-0.3, -0.25) is 0 Å². The Morgan fingerprint density at radius 2 is 2.25 bits per heavy atom. The van der Waals surface area contributed by atoms with Crippen LogP contribution in [0.2, 0.25) is 0 Å². The highest BCUT2D eigenvalue weighted by Crippen LogP contribution is 2.11. The van der Waals surface area contributed by atoms with E-state index in [1.165, 1.54) is 12.0 Å². The first-order chi connectivity index (χ1) is 5.70. The van der Waals surface area contributed by atoms with Crippen molar-refractivity contribution >= 4 is 0 Å². The molecule has 1 heteroatoms. The number of hydrogen-bond acceptors (Lipinski definition) is 1. The first-order valence-corrected chi connectivity index (χ1v) is 4.47. The number of hydrogen-bond donors (Lipinski definition) is 0. The Bertz CT molecular complexity index is 147. The highest BCUT2D eigenvalue weighted by atomic mass is 16.5. The molecule has 0 heterocycles. The lowest BCUT2D eigenvalue weighted by Crippen LogP contribution is -1.91. The molecule has 0 aliphatic rings. The second-order valence-corrected chi connectivity index (χ2v) is 3.26. The number of ether oxygens (including phenoxy) is 1. The van der Waals surface area contributed by atoms with Gasteiger partial charge in [0, 0.05) is 7.11 Å². The molecule has 12 heavy (non-hydrogen) atoms. The van der Waals surface area contributed by atoms with Gasteiger partial charge in [-0.15, -0.1) is 6.58 Å². The third-order valence-corrected chi connectivity index (χ3v) is 1.99. The van der Waals surface area contributed by atoms with Crippen LogP contribution in [0.5, 0.6) is 0 Å². The molecule has 0 aliphatic carbocycles. The lowest BCUT2D eigenvalue weighted by Gasteiger charge is -2.05. The summed E-state index contributed by atoms with van der Waals surface area (Å²) < 4.78 is 4.95. The maximum atomic E-state index is 4.95. The van der Waals surface area contributed by atoms with Crippen molar-refractivity contribution in [3.63, 3.8) is 0 Å². The molecule has 0 aromatic rings. The summed E-state index contributed by atoms with van der Waals surface area (Å²) in [6, 6.07) is 0. The van der Waals surface area contributed by atoms with Gasteiger partial charge in [-0.1, -0.05) is 24.6 Å². The molecule has 0 amide bonds. The largest absolute Gasteiger partial charge is 0.381 e. The molecule has 0 fully saturated rings. The van der Waals surface area contributed by atoms with Gasteiger partial charge in [0.1, 0.15) is 0 Å². The predicted molar refractivity (Wildman–Crippen MR) is 54.2 cm³/mol. The summed E-state index contributed by atoms with van der Waals surface area (Å²) in [6.45, 7) is 8.83. The summed E-state index contributed by atoms with van der Waals surface area (Å²) in [6.07, 6.45) is 6.48. The number of methoxy groups -OCH3 is 1. The first kappa shape index (κ1) is 11.4. The summed E-state index contributed by atoms with van der Waals surface area (Å²) in [7, 11) is 1.72. The normalized spacial score (nSPS) is 14.4. The monoisotopic (exact) mass is 168 g/mol. The molecule has 70 valence electrons. The van der Waals surface area contributed by atoms with Crippen LogP contribution >= 0.6 is 0 Å². The van der Waals surface area contributed by atoms with Gasteiger partial charge >= 0.3 is 0 Å². The van der Waals surface area contributed by atoms with E-state index in [1.54, 1.807) is 7.11 Å². The third kappa shape index (κ3) is 6.17. The average Bonchev–Trinajstić information content (AvgIpc) is 2.10. The molecular weight excluding hydrogens is 148 g/mol. The molecule has 0 aromatic heterocycles. The molecule has 1 atom stereocenters. The molecule has 0 unspecified atom stereocenters. The topological polar surface area (TPSA) is 9.23 Å². The van der Waals surface area contributed by atoms with Crippen LogP contribution in [0.1, 0.15) is 26.7 Å². The summed E-state index contributed by atoms with van der Waals surface area (Å²) in [5.41, 5.74) is 1.41. The third-order valence-electron chi connectivity index (χ3n) is 1.99. The molecule has 0 saturated carbocycles. The van der Waals surface area contributed by atoms with Crippen molar-refractivity contribution < 1.29 is 4.74 Å². The fraction of sp³-hybridized carbons (Fsp3) is 0.636. The van der Waals surface area contributed by atoms with E-state index in [-0.39, 0.29) is 0 Å². The van der Waals surface area contributed by atoms with Crippen LogP contribution in [0.3, 0.4) is 0 Å². The van der Waals surface area contributed by atoms with Gasteiger partial charge in [0.25, 0.3) is 0 Å². The Morgan fingerprint density at radius 1 is 1.58 bits per heavy atom. The highest BCUT2D eigenvalue weighted by Gasteiger charge is 1.96. The van der Waals surface area contributed by atoms with E-state index in [4.69, 9.17) is 4.74 Å². The van der Waals surface area contributed by atoms with Gasteiger partial charge in [0.05, 0.1) is 6.61 Å². The van der Waals surface area contributed by atoms with Crippen molar-refractivity contribution in [1.29, 1.82) is 0 Å². The van der Waals surface area contributed by atoms with Crippen molar-refractivity contribution in [2.45, 2.75) is 26.7 Å². The van der Waals surface area contributed by atoms with Crippen molar-refractivity contribution in [3.8, 4) is 0 Å². The van der Waals surface area contributed by atoms with Crippen molar-refractivity contribution in [1.82, 2.24) is 0 Å². The van der Waals surface area contributed by atoms with Crippen LogP contribution in [0.4, 0.5) is 0 Å². The molecule has 0 N–H and O–H groups in total. The average molecular weight is 168 g/mol. The van der Waals surface area contributed by atoms with Gasteiger partial charge in [-0.05, 0) is 25.7 Å². The Kier molecular flexibility index (Phi) is 6.78. The lowest BCUT2D eigenvalue weighted by molar-refractivity contribution is 0.233. The molecule has 0 saturated heterocycles. The standard InChI is InChI=1S/C11H20O/c1-5-10(2)6-7-11(3)8-9-12-4/h5,8,10H,1,6-7,9H2,2-4H3/b11-8+/t10-/m0/s1. The van der Waals surface area contributed by atoms with E-state index < -0.39 is 0 Å². The summed E-state index contributed by atoms with van der Waals surface area (Å²) in [5, 5.41) is 0. The quantitative estimate of drug-likeness (QED) is 0.553. The zero-order chi connectivity index (χ0) is 9.40. The second-order valence-electron chi connectivity index (χ2n) is 3.26. The molecule has 0 aliphatic heterocycles. The minimum Gasteiger partial charge on any atom is -0.381 e. The van der Waals surface area contributed by atoms with Gasteiger partial charge in [0.15, 0.2) is 0 Å². The minimum absolute atomic E-state index is 0.621. The predicted octanol–water partition coefficient (Wildman–Crippen LogP) is 3.18.